The van der Waals surface area contributed by atoms with E-state index in [1.54, 1.807) is 0 Å². The van der Waals surface area contributed by atoms with E-state index in [9.17, 15) is 4.79 Å². The number of benzene rings is 1. The number of carbonyl (C=O) groups is 1. The molecule has 0 heterocycles. The molecular weight excluding hydrogens is 238 g/mol. The van der Waals surface area contributed by atoms with Crippen molar-refractivity contribution in [3.05, 3.63) is 23.8 Å². The van der Waals surface area contributed by atoms with E-state index >= 15 is 0 Å². The van der Waals surface area contributed by atoms with Crippen LogP contribution in [0.25, 0.3) is 0 Å². The summed E-state index contributed by atoms with van der Waals surface area (Å²) in [5.41, 5.74) is 14.1. The zero-order valence-electron chi connectivity index (χ0n) is 12.0. The van der Waals surface area contributed by atoms with Crippen LogP contribution in [0.4, 0.5) is 11.4 Å². The first kappa shape index (κ1) is 15.3. The Labute approximate surface area is 115 Å². The van der Waals surface area contributed by atoms with Gasteiger partial charge in [-0.1, -0.05) is 6.92 Å². The van der Waals surface area contributed by atoms with E-state index in [4.69, 9.17) is 11.5 Å². The number of aryl methyl sites for hydroxylation is 1. The van der Waals surface area contributed by atoms with E-state index in [0.717, 1.165) is 43.6 Å². The quantitative estimate of drug-likeness (QED) is 0.559. The Morgan fingerprint density at radius 2 is 2.00 bits per heavy atom. The Balaban J connectivity index is 2.60. The summed E-state index contributed by atoms with van der Waals surface area (Å²) >= 11 is 0. The molecule has 0 bridgehead atoms. The minimum Gasteiger partial charge on any atom is -0.399 e. The van der Waals surface area contributed by atoms with E-state index in [-0.39, 0.29) is 5.91 Å². The number of hydrogen-bond donors (Lipinski definition) is 2. The van der Waals surface area contributed by atoms with E-state index < -0.39 is 0 Å². The highest BCUT2D eigenvalue weighted by atomic mass is 16.1. The third-order valence-electron chi connectivity index (χ3n) is 3.21. The second-order valence-electron chi connectivity index (χ2n) is 4.95. The van der Waals surface area contributed by atoms with Crippen LogP contribution < -0.4 is 16.4 Å². The molecular formula is C15H25N3O. The predicted molar refractivity (Wildman–Crippen MR) is 81.1 cm³/mol. The largest absolute Gasteiger partial charge is 0.399 e. The van der Waals surface area contributed by atoms with Gasteiger partial charge in [-0.2, -0.15) is 0 Å². The van der Waals surface area contributed by atoms with Gasteiger partial charge in [0.2, 0.25) is 5.91 Å². The molecule has 4 N–H and O–H groups in total. The third kappa shape index (κ3) is 5.20. The summed E-state index contributed by atoms with van der Waals surface area (Å²) in [6, 6.07) is 6.14. The predicted octanol–water partition coefficient (Wildman–Crippen LogP) is 2.45. The van der Waals surface area contributed by atoms with Gasteiger partial charge in [-0.3, -0.25) is 4.79 Å². The molecule has 4 nitrogen and oxygen atoms in total. The molecule has 0 aliphatic carbocycles. The number of carbonyl (C=O) groups excluding carboxylic acids is 1. The minimum absolute atomic E-state index is 0.217. The molecule has 1 aromatic rings. The fourth-order valence-electron chi connectivity index (χ4n) is 2.10. The number of nitrogens with two attached hydrogens (primary N) is 2. The first-order valence-corrected chi connectivity index (χ1v) is 6.94. The van der Waals surface area contributed by atoms with E-state index in [2.05, 4.69) is 24.0 Å². The second-order valence-corrected chi connectivity index (χ2v) is 4.95. The van der Waals surface area contributed by atoms with Gasteiger partial charge >= 0.3 is 0 Å². The molecule has 1 rings (SSSR count). The van der Waals surface area contributed by atoms with Gasteiger partial charge in [0.15, 0.2) is 0 Å². The van der Waals surface area contributed by atoms with Crippen LogP contribution >= 0.6 is 0 Å². The van der Waals surface area contributed by atoms with Crippen LogP contribution in [0.15, 0.2) is 18.2 Å². The summed E-state index contributed by atoms with van der Waals surface area (Å²) in [5.74, 6) is -0.217. The number of anilines is 2. The average Bonchev–Trinajstić information content (AvgIpc) is 2.36. The Kier molecular flexibility index (Phi) is 6.19. The fraction of sp³-hybridized carbons (Fsp3) is 0.533. The zero-order valence-corrected chi connectivity index (χ0v) is 12.0. The van der Waals surface area contributed by atoms with Gasteiger partial charge in [-0.15, -0.1) is 0 Å². The number of nitrogen functional groups attached to an aromatic ring is 1. The van der Waals surface area contributed by atoms with Gasteiger partial charge < -0.3 is 16.4 Å². The molecule has 0 unspecified atom stereocenters. The Morgan fingerprint density at radius 3 is 2.58 bits per heavy atom. The minimum atomic E-state index is -0.217. The van der Waals surface area contributed by atoms with Crippen molar-refractivity contribution >= 4 is 17.3 Å². The Bertz CT molecular complexity index is 418. The van der Waals surface area contributed by atoms with E-state index in [1.807, 2.05) is 13.0 Å². The maximum absolute atomic E-state index is 10.7. The summed E-state index contributed by atoms with van der Waals surface area (Å²) in [6.07, 6.45) is 3.40. The Hall–Kier alpha value is -1.71. The summed E-state index contributed by atoms with van der Waals surface area (Å²) in [6.45, 7) is 6.15. The summed E-state index contributed by atoms with van der Waals surface area (Å²) in [5, 5.41) is 0. The van der Waals surface area contributed by atoms with E-state index in [0.29, 0.717) is 6.42 Å². The fourth-order valence-corrected chi connectivity index (χ4v) is 2.10. The lowest BCUT2D eigenvalue weighted by Gasteiger charge is -2.25. The van der Waals surface area contributed by atoms with Crippen LogP contribution in [0, 0.1) is 6.92 Å². The first-order chi connectivity index (χ1) is 9.04. The summed E-state index contributed by atoms with van der Waals surface area (Å²) in [4.78, 5) is 13.1. The lowest BCUT2D eigenvalue weighted by atomic mass is 10.1. The van der Waals surface area contributed by atoms with Crippen molar-refractivity contribution in [1.29, 1.82) is 0 Å². The molecule has 0 saturated carbocycles. The molecule has 0 aliphatic heterocycles. The van der Waals surface area contributed by atoms with Gasteiger partial charge in [0.25, 0.3) is 0 Å². The van der Waals surface area contributed by atoms with Crippen molar-refractivity contribution in [1.82, 2.24) is 0 Å². The molecule has 0 fully saturated rings. The SMILES string of the molecule is CCCN(CCCCC(N)=O)c1ccc(N)c(C)c1. The standard InChI is InChI=1S/C15H25N3O/c1-3-9-18(10-5-4-6-15(17)19)13-7-8-14(16)12(2)11-13/h7-8,11H,3-6,9-10,16H2,1-2H3,(H2,17,19). The van der Waals surface area contributed by atoms with Crippen LogP contribution in [0.5, 0.6) is 0 Å². The molecule has 106 valence electrons. The van der Waals surface area contributed by atoms with Gasteiger partial charge in [0.05, 0.1) is 0 Å². The van der Waals surface area contributed by atoms with Crippen molar-refractivity contribution in [2.24, 2.45) is 5.73 Å². The van der Waals surface area contributed by atoms with Gasteiger partial charge in [0, 0.05) is 30.9 Å². The number of primary amides is 1. The number of unbranched alkanes of at least 4 members (excludes halogenated alkanes) is 1. The smallest absolute Gasteiger partial charge is 0.217 e. The first-order valence-electron chi connectivity index (χ1n) is 6.94. The topological polar surface area (TPSA) is 72.3 Å². The Morgan fingerprint density at radius 1 is 1.26 bits per heavy atom. The van der Waals surface area contributed by atoms with Crippen LogP contribution in [-0.2, 0) is 4.79 Å². The van der Waals surface area contributed by atoms with Crippen LogP contribution in [0.2, 0.25) is 0 Å². The lowest BCUT2D eigenvalue weighted by Crippen LogP contribution is -2.25. The molecule has 1 aromatic carbocycles. The highest BCUT2D eigenvalue weighted by molar-refractivity contribution is 5.73. The van der Waals surface area contributed by atoms with Crippen LogP contribution in [0.1, 0.15) is 38.2 Å². The van der Waals surface area contributed by atoms with Gasteiger partial charge in [-0.05, 0) is 49.9 Å². The lowest BCUT2D eigenvalue weighted by molar-refractivity contribution is -0.118. The molecule has 0 saturated heterocycles. The number of hydrogen-bond acceptors (Lipinski definition) is 3. The highest BCUT2D eigenvalue weighted by Gasteiger charge is 2.07. The maximum Gasteiger partial charge on any atom is 0.217 e. The van der Waals surface area contributed by atoms with Crippen molar-refractivity contribution in [2.45, 2.75) is 39.5 Å². The molecule has 19 heavy (non-hydrogen) atoms. The molecule has 0 atom stereocenters. The van der Waals surface area contributed by atoms with Crippen LogP contribution in [0.3, 0.4) is 0 Å². The molecule has 0 aliphatic rings. The van der Waals surface area contributed by atoms with Crippen molar-refractivity contribution in [2.75, 3.05) is 23.7 Å². The monoisotopic (exact) mass is 263 g/mol. The molecule has 0 aromatic heterocycles. The second kappa shape index (κ2) is 7.67. The highest BCUT2D eigenvalue weighted by Crippen LogP contribution is 2.21. The third-order valence-corrected chi connectivity index (χ3v) is 3.21. The summed E-state index contributed by atoms with van der Waals surface area (Å²) in [7, 11) is 0. The molecule has 4 heteroatoms. The molecule has 0 radical (unpaired) electrons. The number of nitrogens with zero attached hydrogens (tertiary/aromatic N) is 1. The summed E-state index contributed by atoms with van der Waals surface area (Å²) < 4.78 is 0. The van der Waals surface area contributed by atoms with Crippen molar-refractivity contribution in [3.8, 4) is 0 Å². The number of amides is 1. The van der Waals surface area contributed by atoms with Crippen molar-refractivity contribution < 1.29 is 4.79 Å². The normalized spacial score (nSPS) is 10.4. The number of rotatable bonds is 8. The average molecular weight is 263 g/mol. The van der Waals surface area contributed by atoms with Gasteiger partial charge in [0.1, 0.15) is 0 Å². The van der Waals surface area contributed by atoms with E-state index in [1.165, 1.54) is 5.69 Å². The van der Waals surface area contributed by atoms with Crippen molar-refractivity contribution in [3.63, 3.8) is 0 Å². The van der Waals surface area contributed by atoms with Gasteiger partial charge in [-0.25, -0.2) is 0 Å². The molecule has 1 amide bonds. The molecule has 0 spiro atoms. The zero-order chi connectivity index (χ0) is 14.3. The van der Waals surface area contributed by atoms with Crippen LogP contribution in [-0.4, -0.2) is 19.0 Å². The maximum atomic E-state index is 10.7.